The molecule has 0 saturated heterocycles. The molecule has 2 aromatic carbocycles. The van der Waals surface area contributed by atoms with Crippen LogP contribution in [0, 0.1) is 13.8 Å². The highest BCUT2D eigenvalue weighted by molar-refractivity contribution is 7.89. The molecule has 0 unspecified atom stereocenters. The van der Waals surface area contributed by atoms with Crippen LogP contribution < -0.4 is 14.8 Å². The Labute approximate surface area is 161 Å². The van der Waals surface area contributed by atoms with Crippen LogP contribution in [-0.2, 0) is 14.8 Å². The van der Waals surface area contributed by atoms with Gasteiger partial charge in [-0.15, -0.1) is 0 Å². The van der Waals surface area contributed by atoms with Crippen molar-refractivity contribution >= 4 is 21.6 Å². The third-order valence-corrected chi connectivity index (χ3v) is 5.40. The Morgan fingerprint density at radius 1 is 1.07 bits per heavy atom. The molecule has 146 valence electrons. The molecule has 2 aromatic rings. The molecule has 6 nitrogen and oxygen atoms in total. The van der Waals surface area contributed by atoms with Crippen molar-refractivity contribution in [2.75, 3.05) is 11.9 Å². The van der Waals surface area contributed by atoms with Gasteiger partial charge in [-0.2, -0.15) is 0 Å². The molecule has 0 fully saturated rings. The summed E-state index contributed by atoms with van der Waals surface area (Å²) in [5, 5.41) is 2.74. The summed E-state index contributed by atoms with van der Waals surface area (Å²) in [7, 11) is -3.64. The second kappa shape index (κ2) is 9.01. The van der Waals surface area contributed by atoms with Crippen LogP contribution in [0.2, 0.25) is 0 Å². The van der Waals surface area contributed by atoms with Gasteiger partial charge in [0, 0.05) is 18.7 Å². The first-order valence-corrected chi connectivity index (χ1v) is 10.3. The number of ether oxygens (including phenoxy) is 1. The highest BCUT2D eigenvalue weighted by Gasteiger charge is 2.16. The fourth-order valence-corrected chi connectivity index (χ4v) is 3.85. The highest BCUT2D eigenvalue weighted by atomic mass is 32.2. The zero-order valence-electron chi connectivity index (χ0n) is 16.1. The van der Waals surface area contributed by atoms with E-state index >= 15 is 0 Å². The maximum absolute atomic E-state index is 12.4. The van der Waals surface area contributed by atoms with Crippen LogP contribution in [0.15, 0.2) is 47.4 Å². The molecule has 0 heterocycles. The van der Waals surface area contributed by atoms with E-state index in [1.807, 2.05) is 26.8 Å². The van der Waals surface area contributed by atoms with Gasteiger partial charge in [-0.3, -0.25) is 4.79 Å². The van der Waals surface area contributed by atoms with Gasteiger partial charge in [0.2, 0.25) is 15.9 Å². The fraction of sp³-hybridized carbons (Fsp3) is 0.350. The summed E-state index contributed by atoms with van der Waals surface area (Å²) < 4.78 is 32.8. The molecule has 0 bridgehead atoms. The Hall–Kier alpha value is -2.38. The van der Waals surface area contributed by atoms with Crippen LogP contribution in [0.1, 0.15) is 31.4 Å². The fourth-order valence-electron chi connectivity index (χ4n) is 2.59. The summed E-state index contributed by atoms with van der Waals surface area (Å²) >= 11 is 0. The molecule has 0 aliphatic heterocycles. The Kier molecular flexibility index (Phi) is 6.98. The first-order valence-electron chi connectivity index (χ1n) is 8.81. The second-order valence-electron chi connectivity index (χ2n) is 6.66. The molecule has 2 N–H and O–H groups in total. The number of sulfonamides is 1. The minimum absolute atomic E-state index is 0.0238. The van der Waals surface area contributed by atoms with Gasteiger partial charge in [0.15, 0.2) is 0 Å². The van der Waals surface area contributed by atoms with Crippen molar-refractivity contribution in [3.8, 4) is 5.75 Å². The summed E-state index contributed by atoms with van der Waals surface area (Å²) in [6.45, 7) is 7.56. The van der Waals surface area contributed by atoms with Crippen molar-refractivity contribution < 1.29 is 17.9 Å². The zero-order chi connectivity index (χ0) is 20.0. The van der Waals surface area contributed by atoms with E-state index in [-0.39, 0.29) is 29.9 Å². The van der Waals surface area contributed by atoms with E-state index in [4.69, 9.17) is 4.74 Å². The number of amides is 1. The van der Waals surface area contributed by atoms with E-state index in [0.717, 1.165) is 11.3 Å². The Bertz CT molecular complexity index is 891. The number of nitrogens with one attached hydrogen (secondary N) is 2. The normalized spacial score (nSPS) is 11.4. The van der Waals surface area contributed by atoms with Gasteiger partial charge in [-0.05, 0) is 63.6 Å². The molecule has 0 spiro atoms. The predicted octanol–water partition coefficient (Wildman–Crippen LogP) is 3.40. The second-order valence-corrected chi connectivity index (χ2v) is 8.39. The van der Waals surface area contributed by atoms with Gasteiger partial charge in [0.25, 0.3) is 0 Å². The number of benzene rings is 2. The summed E-state index contributed by atoms with van der Waals surface area (Å²) in [5.74, 6) is 0.458. The number of carbonyl (C=O) groups excluding carboxylic acids is 1. The van der Waals surface area contributed by atoms with Crippen molar-refractivity contribution in [3.63, 3.8) is 0 Å². The lowest BCUT2D eigenvalue weighted by atomic mass is 10.2. The maximum atomic E-state index is 12.4. The van der Waals surface area contributed by atoms with Crippen molar-refractivity contribution in [1.29, 1.82) is 0 Å². The third-order valence-electron chi connectivity index (χ3n) is 3.77. The van der Waals surface area contributed by atoms with Gasteiger partial charge in [0.05, 0.1) is 11.0 Å². The molecule has 0 saturated carbocycles. The van der Waals surface area contributed by atoms with Crippen molar-refractivity contribution in [1.82, 2.24) is 4.72 Å². The summed E-state index contributed by atoms with van der Waals surface area (Å²) in [5.41, 5.74) is 2.31. The van der Waals surface area contributed by atoms with Crippen LogP contribution in [0.5, 0.6) is 5.75 Å². The van der Waals surface area contributed by atoms with Crippen LogP contribution in [0.3, 0.4) is 0 Å². The first-order chi connectivity index (χ1) is 12.7. The van der Waals surface area contributed by atoms with Gasteiger partial charge < -0.3 is 10.1 Å². The van der Waals surface area contributed by atoms with Crippen LogP contribution in [0.25, 0.3) is 0 Å². The minimum Gasteiger partial charge on any atom is -0.491 e. The minimum atomic E-state index is -3.64. The Morgan fingerprint density at radius 2 is 1.74 bits per heavy atom. The van der Waals surface area contributed by atoms with Gasteiger partial charge in [0.1, 0.15) is 5.75 Å². The van der Waals surface area contributed by atoms with Crippen molar-refractivity contribution in [2.45, 2.75) is 45.1 Å². The number of hydrogen-bond donors (Lipinski definition) is 2. The maximum Gasteiger partial charge on any atom is 0.240 e. The molecule has 27 heavy (non-hydrogen) atoms. The largest absolute Gasteiger partial charge is 0.491 e. The molecule has 0 aliphatic rings. The van der Waals surface area contributed by atoms with Crippen LogP contribution in [0.4, 0.5) is 5.69 Å². The SMILES string of the molecule is Cc1ccc(S(=O)(=O)NCCC(=O)Nc2ccc(OC(C)C)cc2)c(C)c1. The lowest BCUT2D eigenvalue weighted by Crippen LogP contribution is -2.28. The molecule has 0 aromatic heterocycles. The summed E-state index contributed by atoms with van der Waals surface area (Å²) in [4.78, 5) is 12.3. The average Bonchev–Trinajstić information content (AvgIpc) is 2.55. The number of anilines is 1. The molecule has 0 radical (unpaired) electrons. The van der Waals surface area contributed by atoms with Crippen molar-refractivity contribution in [2.24, 2.45) is 0 Å². The van der Waals surface area contributed by atoms with Gasteiger partial charge in [-0.25, -0.2) is 13.1 Å². The number of aryl methyl sites for hydroxylation is 2. The van der Waals surface area contributed by atoms with Crippen LogP contribution in [-0.4, -0.2) is 27.0 Å². The first kappa shape index (κ1) is 20.9. The zero-order valence-corrected chi connectivity index (χ0v) is 16.9. The molecular weight excluding hydrogens is 364 g/mol. The standard InChI is InChI=1S/C20H26N2O4S/c1-14(2)26-18-8-6-17(7-9-18)22-20(23)11-12-21-27(24,25)19-10-5-15(3)13-16(19)4/h5-10,13-14,21H,11-12H2,1-4H3,(H,22,23). The average molecular weight is 391 g/mol. The van der Waals surface area contributed by atoms with Gasteiger partial charge in [-0.1, -0.05) is 17.7 Å². The molecule has 2 rings (SSSR count). The quantitative estimate of drug-likeness (QED) is 0.723. The Balaban J connectivity index is 1.86. The van der Waals surface area contributed by atoms with Crippen LogP contribution >= 0.6 is 0 Å². The lowest BCUT2D eigenvalue weighted by Gasteiger charge is -2.11. The van der Waals surface area contributed by atoms with E-state index in [2.05, 4.69) is 10.0 Å². The number of hydrogen-bond acceptors (Lipinski definition) is 4. The van der Waals surface area contributed by atoms with E-state index in [1.165, 1.54) is 0 Å². The summed E-state index contributed by atoms with van der Waals surface area (Å²) in [6.07, 6.45) is 0.115. The number of carbonyl (C=O) groups is 1. The summed E-state index contributed by atoms with van der Waals surface area (Å²) in [6, 6.07) is 12.2. The van der Waals surface area contributed by atoms with E-state index in [0.29, 0.717) is 11.3 Å². The highest BCUT2D eigenvalue weighted by Crippen LogP contribution is 2.18. The lowest BCUT2D eigenvalue weighted by molar-refractivity contribution is -0.116. The van der Waals surface area contributed by atoms with Crippen molar-refractivity contribution in [3.05, 3.63) is 53.6 Å². The smallest absolute Gasteiger partial charge is 0.240 e. The van der Waals surface area contributed by atoms with E-state index < -0.39 is 10.0 Å². The molecular formula is C20H26N2O4S. The third kappa shape index (κ3) is 6.37. The molecule has 0 aliphatic carbocycles. The van der Waals surface area contributed by atoms with E-state index in [1.54, 1.807) is 43.3 Å². The van der Waals surface area contributed by atoms with Gasteiger partial charge >= 0.3 is 0 Å². The number of rotatable bonds is 8. The Morgan fingerprint density at radius 3 is 2.33 bits per heavy atom. The monoisotopic (exact) mass is 390 g/mol. The molecule has 0 atom stereocenters. The molecule has 1 amide bonds. The predicted molar refractivity (Wildman–Crippen MR) is 107 cm³/mol. The molecule has 7 heteroatoms. The topological polar surface area (TPSA) is 84.5 Å². The van der Waals surface area contributed by atoms with E-state index in [9.17, 15) is 13.2 Å².